The third-order valence-electron chi connectivity index (χ3n) is 6.61. The van der Waals surface area contributed by atoms with Gasteiger partial charge in [-0.05, 0) is 61.8 Å². The summed E-state index contributed by atoms with van der Waals surface area (Å²) in [7, 11) is 2.01. The highest BCUT2D eigenvalue weighted by Gasteiger charge is 2.30. The number of aryl methyl sites for hydroxylation is 3. The van der Waals surface area contributed by atoms with Gasteiger partial charge in [0.2, 0.25) is 0 Å². The van der Waals surface area contributed by atoms with Gasteiger partial charge < -0.3 is 14.4 Å². The first-order valence-electron chi connectivity index (χ1n) is 11.9. The monoisotopic (exact) mass is 487 g/mol. The number of aromatic nitrogens is 1. The average Bonchev–Trinajstić information content (AvgIpc) is 3.12. The van der Waals surface area contributed by atoms with Crippen LogP contribution in [0.5, 0.6) is 5.75 Å². The zero-order chi connectivity index (χ0) is 25.0. The first-order chi connectivity index (χ1) is 16.8. The molecule has 0 saturated heterocycles. The molecule has 0 aliphatic rings. The molecule has 5 heteroatoms. The first kappa shape index (κ1) is 24.9. The van der Waals surface area contributed by atoms with Crippen molar-refractivity contribution in [1.82, 2.24) is 4.57 Å². The van der Waals surface area contributed by atoms with Crippen LogP contribution in [-0.4, -0.2) is 21.9 Å². The molecule has 0 amide bonds. The second-order valence-corrected chi connectivity index (χ2v) is 10.5. The third kappa shape index (κ3) is 5.73. The van der Waals surface area contributed by atoms with E-state index in [1.54, 1.807) is 25.6 Å². The molecule has 0 aliphatic heterocycles. The lowest BCUT2D eigenvalue weighted by Crippen LogP contribution is -2.27. The predicted molar refractivity (Wildman–Crippen MR) is 144 cm³/mol. The molecule has 4 aromatic rings. The lowest BCUT2D eigenvalue weighted by atomic mass is 9.88. The quantitative estimate of drug-likeness (QED) is 0.247. The van der Waals surface area contributed by atoms with Gasteiger partial charge in [0.15, 0.2) is 0 Å². The largest absolute Gasteiger partial charge is 0.489 e. The highest BCUT2D eigenvalue weighted by molar-refractivity contribution is 7.98. The van der Waals surface area contributed by atoms with Gasteiger partial charge in [-0.25, -0.2) is 0 Å². The van der Waals surface area contributed by atoms with Crippen LogP contribution in [0.4, 0.5) is 0 Å². The van der Waals surface area contributed by atoms with E-state index in [4.69, 9.17) is 4.74 Å². The minimum Gasteiger partial charge on any atom is -0.489 e. The van der Waals surface area contributed by atoms with Crippen LogP contribution in [0.1, 0.15) is 36.2 Å². The molecule has 35 heavy (non-hydrogen) atoms. The van der Waals surface area contributed by atoms with Gasteiger partial charge in [-0.3, -0.25) is 4.79 Å². The molecule has 0 atom stereocenters. The summed E-state index contributed by atoms with van der Waals surface area (Å²) in [5.74, 6) is 0.0212. The van der Waals surface area contributed by atoms with E-state index in [1.165, 1.54) is 11.1 Å². The van der Waals surface area contributed by atoms with Crippen LogP contribution in [0.15, 0.2) is 77.7 Å². The Morgan fingerprint density at radius 1 is 0.943 bits per heavy atom. The van der Waals surface area contributed by atoms with Crippen LogP contribution in [0, 0.1) is 5.41 Å². The number of thioether (sulfide) groups is 1. The van der Waals surface area contributed by atoms with Crippen molar-refractivity contribution in [2.24, 2.45) is 12.5 Å². The second-order valence-electron chi connectivity index (χ2n) is 9.67. The normalized spacial score (nSPS) is 11.7. The topological polar surface area (TPSA) is 51.5 Å². The van der Waals surface area contributed by atoms with Crippen LogP contribution in [-0.2, 0) is 37.7 Å². The maximum Gasteiger partial charge on any atom is 0.309 e. The molecule has 0 saturated carbocycles. The van der Waals surface area contributed by atoms with E-state index in [-0.39, 0.29) is 0 Å². The van der Waals surface area contributed by atoms with Gasteiger partial charge in [0.1, 0.15) is 12.4 Å². The fourth-order valence-corrected chi connectivity index (χ4v) is 5.18. The molecule has 0 fully saturated rings. The van der Waals surface area contributed by atoms with Crippen molar-refractivity contribution in [2.45, 2.75) is 44.6 Å². The van der Waals surface area contributed by atoms with Gasteiger partial charge in [0.25, 0.3) is 0 Å². The Balaban J connectivity index is 1.45. The molecule has 4 rings (SSSR count). The van der Waals surface area contributed by atoms with Crippen LogP contribution < -0.4 is 4.74 Å². The van der Waals surface area contributed by atoms with Crippen molar-refractivity contribution in [3.63, 3.8) is 0 Å². The van der Waals surface area contributed by atoms with Gasteiger partial charge in [-0.2, -0.15) is 0 Å². The van der Waals surface area contributed by atoms with E-state index in [0.29, 0.717) is 13.0 Å². The van der Waals surface area contributed by atoms with Crippen LogP contribution >= 0.6 is 11.8 Å². The van der Waals surface area contributed by atoms with E-state index in [2.05, 4.69) is 71.3 Å². The molecular weight excluding hydrogens is 454 g/mol. The third-order valence-corrected chi connectivity index (χ3v) is 7.47. The number of carboxylic acids is 1. The zero-order valence-corrected chi connectivity index (χ0v) is 21.7. The summed E-state index contributed by atoms with van der Waals surface area (Å²) in [6.07, 6.45) is 4.57. The molecule has 182 valence electrons. The van der Waals surface area contributed by atoms with Gasteiger partial charge in [0.05, 0.1) is 10.9 Å². The van der Waals surface area contributed by atoms with Crippen LogP contribution in [0.25, 0.3) is 10.9 Å². The number of ether oxygens (including phenoxy) is 1. The summed E-state index contributed by atoms with van der Waals surface area (Å²) in [6, 6.07) is 25.3. The minimum atomic E-state index is -0.834. The summed E-state index contributed by atoms with van der Waals surface area (Å²) in [6.45, 7) is 4.06. The Labute approximate surface area is 211 Å². The van der Waals surface area contributed by atoms with Crippen molar-refractivity contribution in [3.8, 4) is 5.75 Å². The van der Waals surface area contributed by atoms with Crippen LogP contribution in [0.2, 0.25) is 0 Å². The Bertz CT molecular complexity index is 1310. The number of carboxylic acid groups (broad SMARTS) is 1. The molecule has 1 heterocycles. The fraction of sp³-hybridized carbons (Fsp3) is 0.300. The second kappa shape index (κ2) is 10.6. The van der Waals surface area contributed by atoms with Gasteiger partial charge in [-0.1, -0.05) is 54.6 Å². The lowest BCUT2D eigenvalue weighted by molar-refractivity contribution is -0.146. The van der Waals surface area contributed by atoms with Crippen molar-refractivity contribution in [3.05, 3.63) is 95.2 Å². The van der Waals surface area contributed by atoms with E-state index < -0.39 is 11.4 Å². The van der Waals surface area contributed by atoms with Crippen molar-refractivity contribution >= 4 is 28.6 Å². The maximum atomic E-state index is 11.7. The van der Waals surface area contributed by atoms with Gasteiger partial charge in [-0.15, -0.1) is 11.8 Å². The molecule has 1 N–H and O–H groups in total. The van der Waals surface area contributed by atoms with Gasteiger partial charge >= 0.3 is 5.97 Å². The SMILES string of the molecule is CSc1c(CC(C)(C)C(=O)O)n(C)c2cc(OCc3ccc(CCc4ccccc4)cc3)ccc12. The van der Waals surface area contributed by atoms with Crippen molar-refractivity contribution in [2.75, 3.05) is 6.26 Å². The standard InChI is InChI=1S/C30H33NO3S/c1-30(2,29(32)33)19-27-28(35-4)25-17-16-24(18-26(25)31(27)3)34-20-23-14-12-22(13-15-23)11-10-21-8-6-5-7-9-21/h5-9,12-18H,10-11,19-20H2,1-4H3,(H,32,33). The summed E-state index contributed by atoms with van der Waals surface area (Å²) >= 11 is 1.66. The molecule has 0 radical (unpaired) electrons. The summed E-state index contributed by atoms with van der Waals surface area (Å²) in [5.41, 5.74) is 5.08. The fourth-order valence-electron chi connectivity index (χ4n) is 4.35. The van der Waals surface area contributed by atoms with Crippen LogP contribution in [0.3, 0.4) is 0 Å². The molecule has 1 aromatic heterocycles. The highest BCUT2D eigenvalue weighted by Crippen LogP contribution is 2.37. The van der Waals surface area contributed by atoms with E-state index >= 15 is 0 Å². The van der Waals surface area contributed by atoms with Crippen molar-refractivity contribution in [1.29, 1.82) is 0 Å². The number of carbonyl (C=O) groups is 1. The van der Waals surface area contributed by atoms with Gasteiger partial charge in [0, 0.05) is 35.5 Å². The van der Waals surface area contributed by atoms with Crippen molar-refractivity contribution < 1.29 is 14.6 Å². The number of nitrogens with zero attached hydrogens (tertiary/aromatic N) is 1. The molecule has 0 unspecified atom stereocenters. The molecule has 0 aliphatic carbocycles. The number of benzene rings is 3. The summed E-state index contributed by atoms with van der Waals surface area (Å²) in [5, 5.41) is 10.7. The Morgan fingerprint density at radius 2 is 1.57 bits per heavy atom. The Kier molecular flexibility index (Phi) is 7.56. The molecule has 0 bridgehead atoms. The molecular formula is C30H33NO3S. The maximum absolute atomic E-state index is 11.7. The molecule has 3 aromatic carbocycles. The van der Waals surface area contributed by atoms with E-state index in [1.807, 2.05) is 19.4 Å². The van der Waals surface area contributed by atoms with E-state index in [0.717, 1.165) is 45.6 Å². The predicted octanol–water partition coefficient (Wildman–Crippen LogP) is 6.92. The average molecular weight is 488 g/mol. The number of rotatable bonds is 10. The lowest BCUT2D eigenvalue weighted by Gasteiger charge is -2.20. The zero-order valence-electron chi connectivity index (χ0n) is 20.9. The Morgan fingerprint density at radius 3 is 2.20 bits per heavy atom. The van der Waals surface area contributed by atoms with E-state index in [9.17, 15) is 9.90 Å². The number of hydrogen-bond acceptors (Lipinski definition) is 3. The smallest absolute Gasteiger partial charge is 0.309 e. The number of hydrogen-bond donors (Lipinski definition) is 1. The highest BCUT2D eigenvalue weighted by atomic mass is 32.2. The first-order valence-corrected chi connectivity index (χ1v) is 13.1. The summed E-state index contributed by atoms with van der Waals surface area (Å²) < 4.78 is 8.24. The Hall–Kier alpha value is -3.18. The molecule has 4 nitrogen and oxygen atoms in total. The number of fused-ring (bicyclic) bond motifs is 1. The summed E-state index contributed by atoms with van der Waals surface area (Å²) in [4.78, 5) is 12.8. The molecule has 0 spiro atoms. The number of aliphatic carboxylic acids is 1. The minimum absolute atomic E-state index is 0.469.